The molecule has 0 aliphatic carbocycles. The Hall–Kier alpha value is -5.91. The maximum Gasteiger partial charge on any atom is 0.417 e. The molecule has 1 saturated heterocycles. The Kier molecular flexibility index (Phi) is 12.7. The van der Waals surface area contributed by atoms with E-state index in [4.69, 9.17) is 9.16 Å². The van der Waals surface area contributed by atoms with Crippen molar-refractivity contribution in [2.75, 3.05) is 18.5 Å². The minimum absolute atomic E-state index is 0.0218. The number of ether oxygens (including phenoxy) is 1. The van der Waals surface area contributed by atoms with Crippen LogP contribution in [0.15, 0.2) is 133 Å². The summed E-state index contributed by atoms with van der Waals surface area (Å²) in [5.74, 6) is -3.36. The third-order valence-corrected chi connectivity index (χ3v) is 15.6. The summed E-state index contributed by atoms with van der Waals surface area (Å²) in [5, 5.41) is 13.3. The molecule has 3 atom stereocenters. The van der Waals surface area contributed by atoms with Crippen LogP contribution in [-0.4, -0.2) is 49.5 Å². The Labute approximate surface area is 339 Å². The lowest BCUT2D eigenvalue weighted by atomic mass is 9.86. The molecule has 1 aliphatic rings. The van der Waals surface area contributed by atoms with Gasteiger partial charge in [0.1, 0.15) is 24.3 Å². The molecular formula is C47H48F2N2O6Si. The maximum absolute atomic E-state index is 15.2. The topological polar surface area (TPSA) is 105 Å². The first-order valence-electron chi connectivity index (χ1n) is 19.2. The number of amides is 2. The number of cyclic esters (lactones) is 1. The minimum atomic E-state index is -2.27. The van der Waals surface area contributed by atoms with Crippen LogP contribution in [0.1, 0.15) is 66.3 Å². The molecule has 11 heteroatoms. The molecule has 300 valence electrons. The zero-order chi connectivity index (χ0) is 41.6. The molecule has 0 saturated carbocycles. The van der Waals surface area contributed by atoms with Gasteiger partial charge >= 0.3 is 12.1 Å². The van der Waals surface area contributed by atoms with Crippen LogP contribution in [0.4, 0.5) is 19.3 Å². The number of hydrogen-bond donors (Lipinski definition) is 2. The molecule has 0 bridgehead atoms. The first kappa shape index (κ1) is 41.7. The van der Waals surface area contributed by atoms with Crippen LogP contribution in [0.3, 0.4) is 0 Å². The first-order chi connectivity index (χ1) is 27.6. The molecule has 0 aromatic heterocycles. The maximum atomic E-state index is 15.2. The van der Waals surface area contributed by atoms with Crippen molar-refractivity contribution in [2.45, 2.75) is 57.4 Å². The number of carbonyl (C=O) groups is 3. The number of nitrogens with one attached hydrogen (secondary N) is 1. The summed E-state index contributed by atoms with van der Waals surface area (Å²) in [6.45, 7) is 10.9. The van der Waals surface area contributed by atoms with Crippen LogP contribution in [0.5, 0.6) is 0 Å². The van der Waals surface area contributed by atoms with Gasteiger partial charge in [-0.05, 0) is 100 Å². The monoisotopic (exact) mass is 802 g/mol. The molecule has 2 amide bonds. The summed E-state index contributed by atoms with van der Waals surface area (Å²) in [5.41, 5.74) is 4.69. The molecule has 0 spiro atoms. The van der Waals surface area contributed by atoms with Gasteiger partial charge in [-0.3, -0.25) is 4.79 Å². The number of carboxylic acid groups (broad SMARTS) is 1. The van der Waals surface area contributed by atoms with Crippen LogP contribution in [0.2, 0.25) is 18.1 Å². The van der Waals surface area contributed by atoms with Crippen molar-refractivity contribution in [3.63, 3.8) is 0 Å². The average Bonchev–Trinajstić information content (AvgIpc) is 3.60. The summed E-state index contributed by atoms with van der Waals surface area (Å²) < 4.78 is 40.6. The van der Waals surface area contributed by atoms with Crippen LogP contribution in [0.25, 0.3) is 16.7 Å². The number of halogens is 2. The third kappa shape index (κ3) is 9.61. The predicted molar refractivity (Wildman–Crippen MR) is 225 cm³/mol. The molecule has 0 radical (unpaired) electrons. The van der Waals surface area contributed by atoms with Gasteiger partial charge in [-0.1, -0.05) is 112 Å². The van der Waals surface area contributed by atoms with Gasteiger partial charge in [-0.25, -0.2) is 23.3 Å². The Balaban J connectivity index is 1.49. The molecule has 1 fully saturated rings. The molecule has 2 N–H and O–H groups in total. The van der Waals surface area contributed by atoms with Crippen LogP contribution in [-0.2, 0) is 14.0 Å². The van der Waals surface area contributed by atoms with E-state index in [-0.39, 0.29) is 36.1 Å². The van der Waals surface area contributed by atoms with Gasteiger partial charge in [0.15, 0.2) is 8.32 Å². The standard InChI is InChI=1S/C47H48F2N2O6Si/c1-47(2,3)58(4,5)57-29-35(31-19-22-36(48)23-20-31)21-28-41(44(52)51-42(30-56-46(51)55)33-11-7-6-8-12-33)43(50-38-26-24-37(49)25-27-38)34-17-15-32(16-18-34)39-13-9-10-14-40(39)45(53)54/h6-27,41-43,50H,28-30H2,1-5H3,(H,53,54)/t41-,42-,43-/m1/s1. The molecule has 6 rings (SSSR count). The molecule has 1 heterocycles. The fourth-order valence-corrected chi connectivity index (χ4v) is 7.69. The lowest BCUT2D eigenvalue weighted by Gasteiger charge is -2.36. The second kappa shape index (κ2) is 17.7. The second-order valence-electron chi connectivity index (χ2n) is 15.9. The number of nitrogens with zero attached hydrogens (tertiary/aromatic N) is 1. The zero-order valence-corrected chi connectivity index (χ0v) is 34.2. The highest BCUT2D eigenvalue weighted by Crippen LogP contribution is 2.40. The van der Waals surface area contributed by atoms with Crippen molar-refractivity contribution in [3.05, 3.63) is 167 Å². The van der Waals surface area contributed by atoms with E-state index in [1.807, 2.05) is 48.5 Å². The van der Waals surface area contributed by atoms with E-state index in [1.165, 1.54) is 35.2 Å². The van der Waals surface area contributed by atoms with E-state index < -0.39 is 50.1 Å². The van der Waals surface area contributed by atoms with Gasteiger partial charge in [-0.2, -0.15) is 0 Å². The Morgan fingerprint density at radius 3 is 2.10 bits per heavy atom. The van der Waals surface area contributed by atoms with E-state index in [9.17, 15) is 23.5 Å². The average molecular weight is 803 g/mol. The number of anilines is 1. The third-order valence-electron chi connectivity index (χ3n) is 11.1. The lowest BCUT2D eigenvalue weighted by Crippen LogP contribution is -2.42. The van der Waals surface area contributed by atoms with Crippen LogP contribution in [0, 0.1) is 17.6 Å². The predicted octanol–water partition coefficient (Wildman–Crippen LogP) is 11.3. The Morgan fingerprint density at radius 2 is 1.48 bits per heavy atom. The van der Waals surface area contributed by atoms with Crippen molar-refractivity contribution in [1.82, 2.24) is 4.90 Å². The number of imide groups is 1. The molecule has 1 aliphatic heterocycles. The first-order valence-corrected chi connectivity index (χ1v) is 22.1. The second-order valence-corrected chi connectivity index (χ2v) is 20.8. The molecule has 0 unspecified atom stereocenters. The number of rotatable bonds is 14. The fraction of sp³-hybridized carbons (Fsp3) is 0.255. The molecule has 5 aromatic carbocycles. The number of carbonyl (C=O) groups excluding carboxylic acids is 2. The van der Waals surface area contributed by atoms with Gasteiger partial charge in [0.25, 0.3) is 0 Å². The van der Waals surface area contributed by atoms with Gasteiger partial charge in [0, 0.05) is 5.69 Å². The van der Waals surface area contributed by atoms with E-state index in [1.54, 1.807) is 54.6 Å². The van der Waals surface area contributed by atoms with E-state index in [2.05, 4.69) is 39.2 Å². The highest BCUT2D eigenvalue weighted by molar-refractivity contribution is 6.74. The van der Waals surface area contributed by atoms with Crippen molar-refractivity contribution in [3.8, 4) is 11.1 Å². The van der Waals surface area contributed by atoms with Crippen LogP contribution < -0.4 is 5.32 Å². The fourth-order valence-electron chi connectivity index (χ4n) is 6.74. The van der Waals surface area contributed by atoms with E-state index in [0.717, 1.165) is 16.7 Å². The number of aromatic carboxylic acids is 1. The highest BCUT2D eigenvalue weighted by Gasteiger charge is 2.44. The highest BCUT2D eigenvalue weighted by atomic mass is 28.4. The Bertz CT molecular complexity index is 2260. The number of benzene rings is 5. The van der Waals surface area contributed by atoms with Crippen LogP contribution >= 0.6 is 0 Å². The molecule has 58 heavy (non-hydrogen) atoms. The van der Waals surface area contributed by atoms with E-state index >= 15 is 4.79 Å². The van der Waals surface area contributed by atoms with E-state index in [0.29, 0.717) is 22.4 Å². The lowest BCUT2D eigenvalue weighted by molar-refractivity contribution is -0.134. The summed E-state index contributed by atoms with van der Waals surface area (Å²) in [4.78, 5) is 42.0. The number of allylic oxidation sites excluding steroid dienone is 1. The smallest absolute Gasteiger partial charge is 0.417 e. The summed E-state index contributed by atoms with van der Waals surface area (Å²) in [6.07, 6.45) is 1.24. The molecular weight excluding hydrogens is 755 g/mol. The van der Waals surface area contributed by atoms with Gasteiger partial charge in [0.2, 0.25) is 5.91 Å². The van der Waals surface area contributed by atoms with Crippen molar-refractivity contribution in [2.24, 2.45) is 5.92 Å². The van der Waals surface area contributed by atoms with Crippen molar-refractivity contribution in [1.29, 1.82) is 0 Å². The zero-order valence-electron chi connectivity index (χ0n) is 33.2. The molecule has 8 nitrogen and oxygen atoms in total. The summed E-state index contributed by atoms with van der Waals surface area (Å²) >= 11 is 0. The normalized spacial score (nSPS) is 15.8. The Morgan fingerprint density at radius 1 is 0.879 bits per heavy atom. The van der Waals surface area contributed by atoms with Gasteiger partial charge in [0.05, 0.1) is 24.1 Å². The summed E-state index contributed by atoms with van der Waals surface area (Å²) in [7, 11) is -2.27. The van der Waals surface area contributed by atoms with Gasteiger partial charge < -0.3 is 19.6 Å². The largest absolute Gasteiger partial charge is 0.478 e. The van der Waals surface area contributed by atoms with Crippen molar-refractivity contribution < 1.29 is 37.4 Å². The van der Waals surface area contributed by atoms with Gasteiger partial charge in [-0.15, -0.1) is 0 Å². The SMILES string of the molecule is CC(C)(C)[Si](C)(C)OCC(=CC[C@@H](C(=O)N1C(=O)OC[C@@H]1c1ccccc1)[C@H](Nc1ccc(F)cc1)c1ccc(-c2ccccc2C(=O)O)cc1)c1ccc(F)cc1. The quantitative estimate of drug-likeness (QED) is 0.108. The van der Waals surface area contributed by atoms with Crippen molar-refractivity contribution >= 4 is 37.5 Å². The number of hydrogen-bond acceptors (Lipinski definition) is 6. The molecule has 5 aromatic rings. The number of carboxylic acids is 1. The minimum Gasteiger partial charge on any atom is -0.478 e. The summed E-state index contributed by atoms with van der Waals surface area (Å²) in [6, 6.07) is 33.5.